The van der Waals surface area contributed by atoms with Gasteiger partial charge >= 0.3 is 5.97 Å². The number of halogens is 1. The number of imidazole rings is 1. The third-order valence-electron chi connectivity index (χ3n) is 4.81. The quantitative estimate of drug-likeness (QED) is 0.429. The summed E-state index contributed by atoms with van der Waals surface area (Å²) in [5, 5.41) is 12.8. The second kappa shape index (κ2) is 8.45. The molecule has 4 aromatic rings. The van der Waals surface area contributed by atoms with Crippen LogP contribution in [-0.2, 0) is 17.8 Å². The molecule has 0 fully saturated rings. The molecule has 0 spiro atoms. The normalized spacial score (nSPS) is 10.9. The zero-order chi connectivity index (χ0) is 22.0. The number of benzene rings is 2. The molecule has 8 nitrogen and oxygen atoms in total. The predicted molar refractivity (Wildman–Crippen MR) is 116 cm³/mol. The average molecular weight is 437 g/mol. The number of rotatable bonds is 6. The van der Waals surface area contributed by atoms with Gasteiger partial charge < -0.3 is 20.0 Å². The summed E-state index contributed by atoms with van der Waals surface area (Å²) in [4.78, 5) is 42.2. The van der Waals surface area contributed by atoms with Gasteiger partial charge in [-0.1, -0.05) is 23.7 Å². The van der Waals surface area contributed by atoms with Gasteiger partial charge in [0.25, 0.3) is 5.56 Å². The van der Waals surface area contributed by atoms with Crippen molar-refractivity contribution in [1.29, 1.82) is 0 Å². The Morgan fingerprint density at radius 1 is 1.16 bits per heavy atom. The largest absolute Gasteiger partial charge is 0.477 e. The van der Waals surface area contributed by atoms with E-state index in [4.69, 9.17) is 16.7 Å². The molecule has 0 atom stereocenters. The monoisotopic (exact) mass is 436 g/mol. The first-order valence-corrected chi connectivity index (χ1v) is 9.71. The van der Waals surface area contributed by atoms with E-state index in [-0.39, 0.29) is 24.4 Å². The van der Waals surface area contributed by atoms with Gasteiger partial charge in [0, 0.05) is 35.0 Å². The molecule has 0 saturated carbocycles. The second-order valence-electron chi connectivity index (χ2n) is 6.94. The van der Waals surface area contributed by atoms with Crippen LogP contribution in [0.4, 0.5) is 0 Å². The zero-order valence-corrected chi connectivity index (χ0v) is 16.9. The summed E-state index contributed by atoms with van der Waals surface area (Å²) in [7, 11) is 0. The van der Waals surface area contributed by atoms with Crippen LogP contribution in [0.15, 0.2) is 66.0 Å². The lowest BCUT2D eigenvalue weighted by Crippen LogP contribution is -2.25. The van der Waals surface area contributed by atoms with E-state index in [2.05, 4.69) is 15.3 Å². The third-order valence-corrected chi connectivity index (χ3v) is 5.03. The molecule has 0 bridgehead atoms. The van der Waals surface area contributed by atoms with Crippen LogP contribution in [0.2, 0.25) is 5.02 Å². The van der Waals surface area contributed by atoms with Crippen LogP contribution >= 0.6 is 11.6 Å². The number of carbonyl (C=O) groups excluding carboxylic acids is 1. The highest BCUT2D eigenvalue weighted by Gasteiger charge is 2.13. The number of carbonyl (C=O) groups is 2. The number of aromatic carboxylic acids is 1. The number of carboxylic acid groups (broad SMARTS) is 1. The smallest absolute Gasteiger partial charge is 0.341 e. The first-order valence-electron chi connectivity index (χ1n) is 9.33. The number of hydrogen-bond acceptors (Lipinski definition) is 4. The third kappa shape index (κ3) is 4.49. The lowest BCUT2D eigenvalue weighted by Gasteiger charge is -2.10. The van der Waals surface area contributed by atoms with Gasteiger partial charge in [-0.3, -0.25) is 9.59 Å². The number of aromatic nitrogens is 3. The van der Waals surface area contributed by atoms with Gasteiger partial charge in [0.05, 0.1) is 18.3 Å². The van der Waals surface area contributed by atoms with Crippen LogP contribution in [0.5, 0.6) is 0 Å². The summed E-state index contributed by atoms with van der Waals surface area (Å²) in [5.74, 6) is -1.52. The molecule has 156 valence electrons. The highest BCUT2D eigenvalue weighted by atomic mass is 35.5. The van der Waals surface area contributed by atoms with Crippen molar-refractivity contribution in [2.75, 3.05) is 0 Å². The van der Waals surface area contributed by atoms with E-state index in [1.807, 2.05) is 35.0 Å². The molecule has 1 amide bonds. The standard InChI is InChI=1S/C22H17ClN4O4/c23-16-8-14-10-18(22(30)31)21(29)26-20(14)15(9-16)11-25-19(28)7-13-1-3-17(4-2-13)27-6-5-24-12-27/h1-6,8-10,12H,7,11H2,(H,25,28)(H,26,29)(H,30,31). The Balaban J connectivity index is 1.48. The van der Waals surface area contributed by atoms with Gasteiger partial charge in [0.15, 0.2) is 0 Å². The summed E-state index contributed by atoms with van der Waals surface area (Å²) in [6.07, 6.45) is 5.40. The molecule has 0 aliphatic heterocycles. The van der Waals surface area contributed by atoms with E-state index in [1.165, 1.54) is 6.07 Å². The summed E-state index contributed by atoms with van der Waals surface area (Å²) < 4.78 is 1.87. The lowest BCUT2D eigenvalue weighted by molar-refractivity contribution is -0.120. The van der Waals surface area contributed by atoms with E-state index in [0.717, 1.165) is 11.3 Å². The molecule has 2 aromatic carbocycles. The molecule has 31 heavy (non-hydrogen) atoms. The second-order valence-corrected chi connectivity index (χ2v) is 7.37. The van der Waals surface area contributed by atoms with Gasteiger partial charge in [-0.25, -0.2) is 9.78 Å². The van der Waals surface area contributed by atoms with Crippen molar-refractivity contribution in [2.45, 2.75) is 13.0 Å². The number of aromatic amines is 1. The number of amides is 1. The zero-order valence-electron chi connectivity index (χ0n) is 16.1. The fourth-order valence-corrected chi connectivity index (χ4v) is 3.54. The van der Waals surface area contributed by atoms with Crippen LogP contribution in [0.3, 0.4) is 0 Å². The van der Waals surface area contributed by atoms with Crippen molar-refractivity contribution in [3.8, 4) is 5.69 Å². The van der Waals surface area contributed by atoms with Crippen molar-refractivity contribution in [2.24, 2.45) is 0 Å². The minimum Gasteiger partial charge on any atom is -0.477 e. The minimum atomic E-state index is -1.32. The number of carboxylic acids is 1. The van der Waals surface area contributed by atoms with Crippen LogP contribution in [-0.4, -0.2) is 31.5 Å². The van der Waals surface area contributed by atoms with E-state index in [9.17, 15) is 14.4 Å². The van der Waals surface area contributed by atoms with Gasteiger partial charge in [-0.2, -0.15) is 0 Å². The Bertz CT molecular complexity index is 1330. The molecule has 0 aliphatic rings. The fraction of sp³-hybridized carbons (Fsp3) is 0.0909. The summed E-state index contributed by atoms with van der Waals surface area (Å²) in [6, 6.07) is 12.0. The van der Waals surface area contributed by atoms with Crippen LogP contribution < -0.4 is 10.9 Å². The van der Waals surface area contributed by atoms with Gasteiger partial charge in [-0.05, 0) is 41.5 Å². The van der Waals surface area contributed by atoms with Crippen LogP contribution in [0, 0.1) is 0 Å². The van der Waals surface area contributed by atoms with E-state index >= 15 is 0 Å². The highest BCUT2D eigenvalue weighted by molar-refractivity contribution is 6.31. The van der Waals surface area contributed by atoms with Gasteiger partial charge in [0.1, 0.15) is 5.56 Å². The van der Waals surface area contributed by atoms with Crippen molar-refractivity contribution in [1.82, 2.24) is 19.9 Å². The predicted octanol–water partition coefficient (Wildman–Crippen LogP) is 2.92. The van der Waals surface area contributed by atoms with Gasteiger partial charge in [-0.15, -0.1) is 0 Å². The van der Waals surface area contributed by atoms with Crippen LogP contribution in [0.1, 0.15) is 21.5 Å². The lowest BCUT2D eigenvalue weighted by atomic mass is 10.1. The number of pyridine rings is 1. The minimum absolute atomic E-state index is 0.130. The average Bonchev–Trinajstić information content (AvgIpc) is 3.27. The molecule has 2 aromatic heterocycles. The fourth-order valence-electron chi connectivity index (χ4n) is 3.29. The maximum absolute atomic E-state index is 12.4. The van der Waals surface area contributed by atoms with Gasteiger partial charge in [0.2, 0.25) is 5.91 Å². The number of nitrogens with zero attached hydrogens (tertiary/aromatic N) is 2. The Kier molecular flexibility index (Phi) is 5.55. The molecular weight excluding hydrogens is 420 g/mol. The molecule has 4 rings (SSSR count). The molecule has 0 aliphatic carbocycles. The Morgan fingerprint density at radius 2 is 1.94 bits per heavy atom. The topological polar surface area (TPSA) is 117 Å². The SMILES string of the molecule is O=C(Cc1ccc(-n2ccnc2)cc1)NCc1cc(Cl)cc2cc(C(=O)O)c(=O)[nH]c12. The first kappa shape index (κ1) is 20.4. The molecule has 2 heterocycles. The van der Waals surface area contributed by atoms with Crippen molar-refractivity contribution < 1.29 is 14.7 Å². The van der Waals surface area contributed by atoms with E-state index in [1.54, 1.807) is 24.7 Å². The summed E-state index contributed by atoms with van der Waals surface area (Å²) in [6.45, 7) is 0.130. The van der Waals surface area contributed by atoms with Crippen molar-refractivity contribution in [3.05, 3.63) is 93.3 Å². The molecule has 3 N–H and O–H groups in total. The summed E-state index contributed by atoms with van der Waals surface area (Å²) in [5.41, 5.74) is 1.72. The first-order chi connectivity index (χ1) is 14.9. The number of hydrogen-bond donors (Lipinski definition) is 3. The van der Waals surface area contributed by atoms with Crippen LogP contribution in [0.25, 0.3) is 16.6 Å². The molecular formula is C22H17ClN4O4. The Morgan fingerprint density at radius 3 is 2.61 bits per heavy atom. The van der Waals surface area contributed by atoms with E-state index < -0.39 is 11.5 Å². The molecule has 0 unspecified atom stereocenters. The Labute approximate surface area is 181 Å². The Hall–Kier alpha value is -3.91. The molecule has 9 heteroatoms. The highest BCUT2D eigenvalue weighted by Crippen LogP contribution is 2.22. The maximum atomic E-state index is 12.4. The van der Waals surface area contributed by atoms with E-state index in [0.29, 0.717) is 21.5 Å². The number of nitrogens with one attached hydrogen (secondary N) is 2. The summed E-state index contributed by atoms with van der Waals surface area (Å²) >= 11 is 6.14. The number of H-pyrrole nitrogens is 1. The number of fused-ring (bicyclic) bond motifs is 1. The van der Waals surface area contributed by atoms with Crippen molar-refractivity contribution in [3.63, 3.8) is 0 Å². The van der Waals surface area contributed by atoms with Crippen molar-refractivity contribution >= 4 is 34.4 Å². The molecule has 0 saturated heterocycles. The maximum Gasteiger partial charge on any atom is 0.341 e. The molecule has 0 radical (unpaired) electrons.